The van der Waals surface area contributed by atoms with Crippen molar-refractivity contribution < 1.29 is 5.11 Å². The summed E-state index contributed by atoms with van der Waals surface area (Å²) in [4.78, 5) is 5.22. The van der Waals surface area contributed by atoms with Gasteiger partial charge in [-0.15, -0.1) is 0 Å². The molecule has 116 valence electrons. The first-order valence-electron chi connectivity index (χ1n) is 8.66. The third-order valence-electron chi connectivity index (χ3n) is 5.70. The fourth-order valence-corrected chi connectivity index (χ4v) is 4.35. The van der Waals surface area contributed by atoms with Gasteiger partial charge in [0.15, 0.2) is 0 Å². The van der Waals surface area contributed by atoms with Crippen LogP contribution in [0.4, 0.5) is 0 Å². The lowest BCUT2D eigenvalue weighted by atomic mass is 10.0. The summed E-state index contributed by atoms with van der Waals surface area (Å²) in [7, 11) is 0. The van der Waals surface area contributed by atoms with Gasteiger partial charge in [0.2, 0.25) is 0 Å². The van der Waals surface area contributed by atoms with Crippen LogP contribution in [0.2, 0.25) is 0 Å². The quantitative estimate of drug-likeness (QED) is 0.746. The van der Waals surface area contributed by atoms with E-state index in [0.29, 0.717) is 18.1 Å². The molecular formula is C16H31N3O. The molecule has 20 heavy (non-hydrogen) atoms. The normalized spacial score (nSPS) is 39.0. The summed E-state index contributed by atoms with van der Waals surface area (Å²) in [5.41, 5.74) is 6.01. The van der Waals surface area contributed by atoms with Gasteiger partial charge in [0.1, 0.15) is 0 Å². The van der Waals surface area contributed by atoms with E-state index in [1.54, 1.807) is 0 Å². The second kappa shape index (κ2) is 6.73. The predicted molar refractivity (Wildman–Crippen MR) is 81.6 cm³/mol. The number of likely N-dealkylation sites (tertiary alicyclic amines) is 2. The molecule has 0 radical (unpaired) electrons. The Morgan fingerprint density at radius 1 is 0.800 bits per heavy atom. The standard InChI is InChI=1S/C16H31N3O/c17-13-6-9-18(10-7-13)14-8-11-19(12-14)15-4-2-1-3-5-16(15)20/h13-16,20H,1-12,17H2. The van der Waals surface area contributed by atoms with Gasteiger partial charge in [-0.1, -0.05) is 19.3 Å². The Balaban J connectivity index is 1.53. The van der Waals surface area contributed by atoms with Crippen LogP contribution in [0.1, 0.15) is 51.4 Å². The molecule has 3 rings (SSSR count). The third-order valence-corrected chi connectivity index (χ3v) is 5.70. The minimum Gasteiger partial charge on any atom is -0.391 e. The lowest BCUT2D eigenvalue weighted by molar-refractivity contribution is 0.0506. The van der Waals surface area contributed by atoms with Crippen LogP contribution in [0.5, 0.6) is 0 Å². The molecule has 0 aromatic carbocycles. The summed E-state index contributed by atoms with van der Waals surface area (Å²) in [6.07, 6.45) is 9.49. The second-order valence-corrected chi connectivity index (χ2v) is 7.08. The number of aliphatic hydroxyl groups excluding tert-OH is 1. The molecule has 0 aromatic rings. The van der Waals surface area contributed by atoms with Crippen molar-refractivity contribution in [3.05, 3.63) is 0 Å². The van der Waals surface area contributed by atoms with Crippen molar-refractivity contribution in [1.82, 2.24) is 9.80 Å². The van der Waals surface area contributed by atoms with Crippen molar-refractivity contribution in [3.8, 4) is 0 Å². The molecule has 4 heteroatoms. The lowest BCUT2D eigenvalue weighted by Crippen LogP contribution is -2.48. The number of aliphatic hydroxyl groups is 1. The van der Waals surface area contributed by atoms with Crippen LogP contribution in [0.25, 0.3) is 0 Å². The van der Waals surface area contributed by atoms with Crippen molar-refractivity contribution in [3.63, 3.8) is 0 Å². The zero-order chi connectivity index (χ0) is 13.9. The lowest BCUT2D eigenvalue weighted by Gasteiger charge is -2.36. The van der Waals surface area contributed by atoms with Gasteiger partial charge in [-0.25, -0.2) is 0 Å². The molecule has 1 aliphatic carbocycles. The summed E-state index contributed by atoms with van der Waals surface area (Å²) in [5.74, 6) is 0. The number of nitrogens with two attached hydrogens (primary N) is 1. The Hall–Kier alpha value is -0.160. The maximum atomic E-state index is 10.4. The van der Waals surface area contributed by atoms with E-state index in [-0.39, 0.29) is 6.10 Å². The van der Waals surface area contributed by atoms with E-state index >= 15 is 0 Å². The maximum Gasteiger partial charge on any atom is 0.0695 e. The molecule has 3 fully saturated rings. The van der Waals surface area contributed by atoms with E-state index in [1.165, 1.54) is 51.7 Å². The van der Waals surface area contributed by atoms with E-state index in [2.05, 4.69) is 9.80 Å². The summed E-state index contributed by atoms with van der Waals surface area (Å²) in [6.45, 7) is 4.69. The van der Waals surface area contributed by atoms with Gasteiger partial charge in [-0.2, -0.15) is 0 Å². The van der Waals surface area contributed by atoms with Gasteiger partial charge in [0.05, 0.1) is 6.10 Å². The average Bonchev–Trinajstić information content (AvgIpc) is 2.83. The van der Waals surface area contributed by atoms with Gasteiger partial charge in [-0.3, -0.25) is 9.80 Å². The Labute approximate surface area is 123 Å². The first-order valence-corrected chi connectivity index (χ1v) is 8.66. The zero-order valence-electron chi connectivity index (χ0n) is 12.7. The van der Waals surface area contributed by atoms with Crippen molar-refractivity contribution in [2.24, 2.45) is 5.73 Å². The summed E-state index contributed by atoms with van der Waals surface area (Å²) >= 11 is 0. The fraction of sp³-hybridized carbons (Fsp3) is 1.00. The molecule has 2 saturated heterocycles. The number of piperidine rings is 1. The van der Waals surface area contributed by atoms with Crippen molar-refractivity contribution in [2.45, 2.75) is 75.6 Å². The highest BCUT2D eigenvalue weighted by atomic mass is 16.3. The second-order valence-electron chi connectivity index (χ2n) is 7.08. The molecule has 4 nitrogen and oxygen atoms in total. The summed E-state index contributed by atoms with van der Waals surface area (Å²) in [6, 6.07) is 1.56. The number of nitrogens with zero attached hydrogens (tertiary/aromatic N) is 2. The zero-order valence-corrected chi connectivity index (χ0v) is 12.7. The highest BCUT2D eigenvalue weighted by Gasteiger charge is 2.35. The predicted octanol–water partition coefficient (Wildman–Crippen LogP) is 1.18. The number of hydrogen-bond donors (Lipinski definition) is 2. The molecule has 1 saturated carbocycles. The first kappa shape index (κ1) is 14.8. The Bertz CT molecular complexity index is 304. The minimum absolute atomic E-state index is 0.0916. The van der Waals surface area contributed by atoms with Crippen LogP contribution >= 0.6 is 0 Å². The van der Waals surface area contributed by atoms with E-state index in [4.69, 9.17) is 5.73 Å². The molecule has 0 aromatic heterocycles. The molecule has 3 N–H and O–H groups in total. The van der Waals surface area contributed by atoms with Crippen LogP contribution in [-0.4, -0.2) is 65.3 Å². The maximum absolute atomic E-state index is 10.4. The average molecular weight is 281 g/mol. The molecule has 3 unspecified atom stereocenters. The number of rotatable bonds is 2. The molecule has 2 heterocycles. The Morgan fingerprint density at radius 3 is 2.30 bits per heavy atom. The van der Waals surface area contributed by atoms with E-state index in [1.807, 2.05) is 0 Å². The van der Waals surface area contributed by atoms with Gasteiger partial charge < -0.3 is 10.8 Å². The SMILES string of the molecule is NC1CCN(C2CCN(C3CCCCCC3O)C2)CC1. The molecule has 0 bridgehead atoms. The van der Waals surface area contributed by atoms with Gasteiger partial charge in [0.25, 0.3) is 0 Å². The van der Waals surface area contributed by atoms with Crippen LogP contribution < -0.4 is 5.73 Å². The largest absolute Gasteiger partial charge is 0.391 e. The van der Waals surface area contributed by atoms with Crippen LogP contribution in [0.15, 0.2) is 0 Å². The van der Waals surface area contributed by atoms with Crippen LogP contribution in [0, 0.1) is 0 Å². The highest BCUT2D eigenvalue weighted by molar-refractivity contribution is 4.92. The first-order chi connectivity index (χ1) is 9.74. The van der Waals surface area contributed by atoms with Crippen molar-refractivity contribution >= 4 is 0 Å². The Kier molecular flexibility index (Phi) is 4.97. The van der Waals surface area contributed by atoms with Gasteiger partial charge in [-0.05, 0) is 45.2 Å². The highest BCUT2D eigenvalue weighted by Crippen LogP contribution is 2.28. The van der Waals surface area contributed by atoms with E-state index in [0.717, 1.165) is 25.8 Å². The van der Waals surface area contributed by atoms with Gasteiger partial charge in [0, 0.05) is 31.2 Å². The topological polar surface area (TPSA) is 52.7 Å². The summed E-state index contributed by atoms with van der Waals surface area (Å²) in [5, 5.41) is 10.4. The number of hydrogen-bond acceptors (Lipinski definition) is 4. The van der Waals surface area contributed by atoms with E-state index in [9.17, 15) is 5.11 Å². The van der Waals surface area contributed by atoms with Crippen molar-refractivity contribution in [1.29, 1.82) is 0 Å². The molecule has 2 aliphatic heterocycles. The molecule has 3 atom stereocenters. The molecular weight excluding hydrogens is 250 g/mol. The fourth-order valence-electron chi connectivity index (χ4n) is 4.35. The van der Waals surface area contributed by atoms with E-state index < -0.39 is 0 Å². The monoisotopic (exact) mass is 281 g/mol. The van der Waals surface area contributed by atoms with Crippen molar-refractivity contribution in [2.75, 3.05) is 26.2 Å². The summed E-state index contributed by atoms with van der Waals surface area (Å²) < 4.78 is 0. The third kappa shape index (κ3) is 3.35. The Morgan fingerprint density at radius 2 is 1.50 bits per heavy atom. The molecule has 0 amide bonds. The minimum atomic E-state index is -0.0916. The van der Waals surface area contributed by atoms with Crippen LogP contribution in [0.3, 0.4) is 0 Å². The smallest absolute Gasteiger partial charge is 0.0695 e. The van der Waals surface area contributed by atoms with Gasteiger partial charge >= 0.3 is 0 Å². The molecule has 0 spiro atoms. The van der Waals surface area contributed by atoms with Crippen LogP contribution in [-0.2, 0) is 0 Å². The molecule has 3 aliphatic rings.